The van der Waals surface area contributed by atoms with Crippen molar-refractivity contribution < 1.29 is 34.6 Å². The Bertz CT molecular complexity index is 508. The second-order valence-corrected chi connectivity index (χ2v) is 6.88. The molecule has 0 unspecified atom stereocenters. The molecule has 0 saturated heterocycles. The predicted octanol–water partition coefficient (Wildman–Crippen LogP) is -0.753. The van der Waals surface area contributed by atoms with Crippen LogP contribution in [0.15, 0.2) is 0 Å². The Labute approximate surface area is 152 Å². The predicted molar refractivity (Wildman–Crippen MR) is 90.9 cm³/mol. The number of rotatable bonds is 11. The quantitative estimate of drug-likeness (QED) is 0.204. The van der Waals surface area contributed by atoms with Crippen LogP contribution in [0.3, 0.4) is 0 Å². The standard InChI is InChI=1S/C16H29N3O7/c1-8(2)5-10(6-12(21)19-26)14(22)17-11(7-20)15(23)18-13(9(3)4)16(24)25/h8-11,13,20,26H,5-7H2,1-4H3,(H,17,22)(H,18,23)(H,19,21)(H,24,25)/t10-,11-,13-/m0/s1. The maximum atomic E-state index is 12.4. The highest BCUT2D eigenvalue weighted by atomic mass is 16.5. The maximum absolute atomic E-state index is 12.4. The fourth-order valence-electron chi connectivity index (χ4n) is 2.37. The van der Waals surface area contributed by atoms with E-state index in [4.69, 9.17) is 10.3 Å². The Kier molecular flexibility index (Phi) is 10.5. The van der Waals surface area contributed by atoms with Crippen molar-refractivity contribution in [3.8, 4) is 0 Å². The number of aliphatic hydroxyl groups excluding tert-OH is 1. The fraction of sp³-hybridized carbons (Fsp3) is 0.750. The summed E-state index contributed by atoms with van der Waals surface area (Å²) in [6, 6.07) is -2.52. The minimum atomic E-state index is -1.35. The first-order valence-electron chi connectivity index (χ1n) is 8.40. The summed E-state index contributed by atoms with van der Waals surface area (Å²) in [5, 5.41) is 31.7. The third kappa shape index (κ3) is 8.26. The highest BCUT2D eigenvalue weighted by molar-refractivity contribution is 5.92. The van der Waals surface area contributed by atoms with Crippen LogP contribution in [0.25, 0.3) is 0 Å². The highest BCUT2D eigenvalue weighted by Crippen LogP contribution is 2.16. The van der Waals surface area contributed by atoms with Crippen molar-refractivity contribution in [1.29, 1.82) is 0 Å². The van der Waals surface area contributed by atoms with Crippen LogP contribution in [0.2, 0.25) is 0 Å². The van der Waals surface area contributed by atoms with Crippen LogP contribution in [-0.4, -0.2) is 57.8 Å². The van der Waals surface area contributed by atoms with Crippen molar-refractivity contribution in [2.24, 2.45) is 17.8 Å². The molecule has 0 aromatic rings. The molecule has 6 N–H and O–H groups in total. The Morgan fingerprint density at radius 3 is 1.92 bits per heavy atom. The lowest BCUT2D eigenvalue weighted by Gasteiger charge is -2.24. The normalized spacial score (nSPS) is 14.5. The van der Waals surface area contributed by atoms with Crippen LogP contribution in [0.5, 0.6) is 0 Å². The van der Waals surface area contributed by atoms with Gasteiger partial charge < -0.3 is 20.8 Å². The first kappa shape index (κ1) is 23.8. The summed E-state index contributed by atoms with van der Waals surface area (Å²) >= 11 is 0. The smallest absolute Gasteiger partial charge is 0.326 e. The van der Waals surface area contributed by atoms with Gasteiger partial charge in [-0.15, -0.1) is 0 Å². The second kappa shape index (κ2) is 11.4. The summed E-state index contributed by atoms with van der Waals surface area (Å²) in [5.74, 6) is -4.60. The molecule has 3 amide bonds. The average Bonchev–Trinajstić information content (AvgIpc) is 2.55. The zero-order chi connectivity index (χ0) is 20.4. The van der Waals surface area contributed by atoms with E-state index in [0.717, 1.165) is 0 Å². The molecule has 0 aromatic carbocycles. The molecule has 3 atom stereocenters. The van der Waals surface area contributed by atoms with Crippen LogP contribution < -0.4 is 16.1 Å². The molecule has 0 aliphatic rings. The minimum absolute atomic E-state index is 0.0657. The molecule has 26 heavy (non-hydrogen) atoms. The first-order valence-corrected chi connectivity index (χ1v) is 8.40. The number of aliphatic hydroxyl groups is 1. The second-order valence-electron chi connectivity index (χ2n) is 6.88. The van der Waals surface area contributed by atoms with E-state index in [2.05, 4.69) is 10.6 Å². The molecule has 0 heterocycles. The summed E-state index contributed by atoms with van der Waals surface area (Å²) in [6.45, 7) is 6.17. The minimum Gasteiger partial charge on any atom is -0.480 e. The van der Waals surface area contributed by atoms with Crippen LogP contribution in [0, 0.1) is 17.8 Å². The third-order valence-electron chi connectivity index (χ3n) is 3.73. The third-order valence-corrected chi connectivity index (χ3v) is 3.73. The van der Waals surface area contributed by atoms with E-state index in [1.54, 1.807) is 13.8 Å². The van der Waals surface area contributed by atoms with Crippen LogP contribution in [0.4, 0.5) is 0 Å². The van der Waals surface area contributed by atoms with Gasteiger partial charge in [-0.05, 0) is 18.3 Å². The first-order chi connectivity index (χ1) is 12.0. The number of carboxylic acids is 1. The number of hydrogen-bond acceptors (Lipinski definition) is 6. The number of carbonyl (C=O) groups is 4. The Morgan fingerprint density at radius 2 is 1.54 bits per heavy atom. The number of hydroxylamine groups is 1. The van der Waals surface area contributed by atoms with Crippen molar-refractivity contribution in [2.75, 3.05) is 6.61 Å². The van der Waals surface area contributed by atoms with Gasteiger partial charge in [0.15, 0.2) is 0 Å². The molecule has 0 saturated carbocycles. The van der Waals surface area contributed by atoms with Gasteiger partial charge in [-0.25, -0.2) is 10.3 Å². The number of carbonyl (C=O) groups excluding carboxylic acids is 3. The van der Waals surface area contributed by atoms with Gasteiger partial charge in [0, 0.05) is 12.3 Å². The van der Waals surface area contributed by atoms with Gasteiger partial charge in [0.25, 0.3) is 0 Å². The molecule has 0 aliphatic heterocycles. The maximum Gasteiger partial charge on any atom is 0.326 e. The van der Waals surface area contributed by atoms with Gasteiger partial charge in [-0.2, -0.15) is 0 Å². The average molecular weight is 375 g/mol. The van der Waals surface area contributed by atoms with E-state index >= 15 is 0 Å². The number of hydrogen-bond donors (Lipinski definition) is 6. The molecule has 0 aromatic heterocycles. The summed E-state index contributed by atoms with van der Waals surface area (Å²) < 4.78 is 0. The van der Waals surface area contributed by atoms with Gasteiger partial charge >= 0.3 is 5.97 Å². The Hall–Kier alpha value is -2.20. The molecule has 150 valence electrons. The highest BCUT2D eigenvalue weighted by Gasteiger charge is 2.30. The molecule has 0 rings (SSSR count). The van der Waals surface area contributed by atoms with Gasteiger partial charge in [-0.3, -0.25) is 19.6 Å². The number of carboxylic acid groups (broad SMARTS) is 1. The lowest BCUT2D eigenvalue weighted by molar-refractivity contribution is -0.144. The number of aliphatic carboxylic acids is 1. The van der Waals surface area contributed by atoms with Crippen molar-refractivity contribution in [3.63, 3.8) is 0 Å². The SMILES string of the molecule is CC(C)C[C@@H](CC(=O)NO)C(=O)N[C@@H](CO)C(=O)N[C@H](C(=O)O)C(C)C. The molecule has 0 radical (unpaired) electrons. The molecule has 0 aliphatic carbocycles. The van der Waals surface area contributed by atoms with Gasteiger partial charge in [-0.1, -0.05) is 27.7 Å². The zero-order valence-electron chi connectivity index (χ0n) is 15.5. The topological polar surface area (TPSA) is 165 Å². The lowest BCUT2D eigenvalue weighted by Crippen LogP contribution is -2.55. The van der Waals surface area contributed by atoms with Crippen molar-refractivity contribution in [2.45, 2.75) is 52.6 Å². The fourth-order valence-corrected chi connectivity index (χ4v) is 2.37. The largest absolute Gasteiger partial charge is 0.480 e. The molecule has 10 heteroatoms. The molecular weight excluding hydrogens is 346 g/mol. The van der Waals surface area contributed by atoms with E-state index in [0.29, 0.717) is 6.42 Å². The van der Waals surface area contributed by atoms with E-state index in [1.807, 2.05) is 13.8 Å². The Morgan fingerprint density at radius 1 is 0.962 bits per heavy atom. The summed E-state index contributed by atoms with van der Waals surface area (Å²) in [5.41, 5.74) is 1.45. The van der Waals surface area contributed by atoms with Crippen molar-refractivity contribution in [3.05, 3.63) is 0 Å². The monoisotopic (exact) mass is 375 g/mol. The van der Waals surface area contributed by atoms with E-state index < -0.39 is 54.2 Å². The van der Waals surface area contributed by atoms with Crippen molar-refractivity contribution in [1.82, 2.24) is 16.1 Å². The molecule has 0 bridgehead atoms. The van der Waals surface area contributed by atoms with E-state index in [-0.39, 0.29) is 12.3 Å². The van der Waals surface area contributed by atoms with E-state index in [1.165, 1.54) is 5.48 Å². The van der Waals surface area contributed by atoms with Gasteiger partial charge in [0.1, 0.15) is 12.1 Å². The van der Waals surface area contributed by atoms with Crippen LogP contribution in [-0.2, 0) is 19.2 Å². The van der Waals surface area contributed by atoms with Gasteiger partial charge in [0.05, 0.1) is 6.61 Å². The van der Waals surface area contributed by atoms with Crippen molar-refractivity contribution >= 4 is 23.7 Å². The summed E-state index contributed by atoms with van der Waals surface area (Å²) in [7, 11) is 0. The number of amides is 3. The molecule has 0 fully saturated rings. The lowest BCUT2D eigenvalue weighted by atomic mass is 9.92. The zero-order valence-corrected chi connectivity index (χ0v) is 15.5. The summed E-state index contributed by atoms with van der Waals surface area (Å²) in [6.07, 6.45) is 0.0345. The molecular formula is C16H29N3O7. The molecule has 10 nitrogen and oxygen atoms in total. The van der Waals surface area contributed by atoms with Gasteiger partial charge in [0.2, 0.25) is 17.7 Å². The van der Waals surface area contributed by atoms with E-state index in [9.17, 15) is 24.3 Å². The van der Waals surface area contributed by atoms with Crippen LogP contribution in [0.1, 0.15) is 40.5 Å². The number of nitrogens with one attached hydrogen (secondary N) is 3. The summed E-state index contributed by atoms with van der Waals surface area (Å²) in [4.78, 5) is 47.1. The molecule has 0 spiro atoms. The Balaban J connectivity index is 5.07. The van der Waals surface area contributed by atoms with Crippen LogP contribution >= 0.6 is 0 Å².